The first-order chi connectivity index (χ1) is 10.7. The SMILES string of the molecule is Cc1ncsc1CN1CCCCC1CCc1cccc(O)c1. The van der Waals surface area contributed by atoms with Crippen LogP contribution in [0.15, 0.2) is 29.8 Å². The van der Waals surface area contributed by atoms with Gasteiger partial charge >= 0.3 is 0 Å². The Morgan fingerprint density at radius 1 is 1.36 bits per heavy atom. The number of benzene rings is 1. The standard InChI is InChI=1S/C18H24N2OS/c1-14-18(22-13-19-14)12-20-10-3-2-6-16(20)9-8-15-5-4-7-17(21)11-15/h4-5,7,11,13,16,21H,2-3,6,8-10,12H2,1H3. The maximum atomic E-state index is 9.59. The summed E-state index contributed by atoms with van der Waals surface area (Å²) in [5.74, 6) is 0.373. The lowest BCUT2D eigenvalue weighted by Gasteiger charge is -2.35. The zero-order chi connectivity index (χ0) is 15.4. The third kappa shape index (κ3) is 3.87. The predicted molar refractivity (Wildman–Crippen MR) is 91.3 cm³/mol. The van der Waals surface area contributed by atoms with E-state index in [1.165, 1.54) is 48.4 Å². The molecule has 1 N–H and O–H groups in total. The van der Waals surface area contributed by atoms with Crippen molar-refractivity contribution in [3.05, 3.63) is 45.9 Å². The van der Waals surface area contributed by atoms with Crippen LogP contribution in [0.3, 0.4) is 0 Å². The van der Waals surface area contributed by atoms with Gasteiger partial charge in [-0.25, -0.2) is 4.98 Å². The fraction of sp³-hybridized carbons (Fsp3) is 0.500. The van der Waals surface area contributed by atoms with Gasteiger partial charge in [-0.3, -0.25) is 4.90 Å². The van der Waals surface area contributed by atoms with Crippen LogP contribution >= 0.6 is 11.3 Å². The highest BCUT2D eigenvalue weighted by Crippen LogP contribution is 2.26. The lowest BCUT2D eigenvalue weighted by Crippen LogP contribution is -2.39. The Labute approximate surface area is 136 Å². The molecule has 1 aliphatic heterocycles. The average molecular weight is 316 g/mol. The van der Waals surface area contributed by atoms with Gasteiger partial charge in [-0.15, -0.1) is 11.3 Å². The molecule has 2 aromatic rings. The number of phenols is 1. The van der Waals surface area contributed by atoms with Crippen molar-refractivity contribution in [2.45, 2.75) is 51.6 Å². The molecular weight excluding hydrogens is 292 g/mol. The van der Waals surface area contributed by atoms with Crippen molar-refractivity contribution < 1.29 is 5.11 Å². The van der Waals surface area contributed by atoms with Crippen molar-refractivity contribution in [3.8, 4) is 5.75 Å². The Morgan fingerprint density at radius 3 is 3.05 bits per heavy atom. The van der Waals surface area contributed by atoms with E-state index in [0.717, 1.165) is 13.0 Å². The molecule has 3 nitrogen and oxygen atoms in total. The molecule has 1 fully saturated rings. The minimum Gasteiger partial charge on any atom is -0.508 e. The summed E-state index contributed by atoms with van der Waals surface area (Å²) < 4.78 is 0. The molecule has 1 aromatic heterocycles. The lowest BCUT2D eigenvalue weighted by molar-refractivity contribution is 0.133. The van der Waals surface area contributed by atoms with Crippen molar-refractivity contribution in [3.63, 3.8) is 0 Å². The van der Waals surface area contributed by atoms with Gasteiger partial charge in [-0.05, 0) is 56.8 Å². The number of thiazole rings is 1. The summed E-state index contributed by atoms with van der Waals surface area (Å²) in [7, 11) is 0. The van der Waals surface area contributed by atoms with E-state index >= 15 is 0 Å². The highest BCUT2D eigenvalue weighted by atomic mass is 32.1. The second kappa shape index (κ2) is 7.25. The van der Waals surface area contributed by atoms with E-state index < -0.39 is 0 Å². The summed E-state index contributed by atoms with van der Waals surface area (Å²) in [6.45, 7) is 4.35. The number of hydrogen-bond acceptors (Lipinski definition) is 4. The van der Waals surface area contributed by atoms with Crippen LogP contribution in [0.1, 0.15) is 41.8 Å². The van der Waals surface area contributed by atoms with Crippen LogP contribution < -0.4 is 0 Å². The summed E-state index contributed by atoms with van der Waals surface area (Å²) in [5.41, 5.74) is 4.37. The smallest absolute Gasteiger partial charge is 0.115 e. The van der Waals surface area contributed by atoms with Crippen molar-refractivity contribution in [1.82, 2.24) is 9.88 Å². The molecule has 4 heteroatoms. The summed E-state index contributed by atoms with van der Waals surface area (Å²) in [6.07, 6.45) is 6.14. The van der Waals surface area contributed by atoms with E-state index in [-0.39, 0.29) is 0 Å². The second-order valence-electron chi connectivity index (χ2n) is 6.19. The zero-order valence-electron chi connectivity index (χ0n) is 13.2. The molecule has 0 aliphatic carbocycles. The fourth-order valence-corrected chi connectivity index (χ4v) is 4.10. The van der Waals surface area contributed by atoms with E-state index in [0.29, 0.717) is 11.8 Å². The molecular formula is C18H24N2OS. The predicted octanol–water partition coefficient (Wildman–Crippen LogP) is 4.14. The molecule has 2 heterocycles. The number of piperidine rings is 1. The third-order valence-electron chi connectivity index (χ3n) is 4.62. The molecule has 0 bridgehead atoms. The number of nitrogens with zero attached hydrogens (tertiary/aromatic N) is 2. The van der Waals surface area contributed by atoms with E-state index in [1.807, 2.05) is 17.6 Å². The summed E-state index contributed by atoms with van der Waals surface area (Å²) in [6, 6.07) is 8.32. The van der Waals surface area contributed by atoms with Crippen molar-refractivity contribution in [2.75, 3.05) is 6.54 Å². The quantitative estimate of drug-likeness (QED) is 0.900. The molecule has 3 rings (SSSR count). The van der Waals surface area contributed by atoms with Crippen LogP contribution in [0, 0.1) is 6.92 Å². The molecule has 1 atom stereocenters. The molecule has 0 saturated carbocycles. The Morgan fingerprint density at radius 2 is 2.27 bits per heavy atom. The van der Waals surface area contributed by atoms with Gasteiger partial charge in [0.15, 0.2) is 0 Å². The second-order valence-corrected chi connectivity index (χ2v) is 7.13. The summed E-state index contributed by atoms with van der Waals surface area (Å²) in [4.78, 5) is 8.41. The number of phenolic OH excluding ortho intramolecular Hbond substituents is 1. The van der Waals surface area contributed by atoms with Gasteiger partial charge in [0.2, 0.25) is 0 Å². The van der Waals surface area contributed by atoms with Gasteiger partial charge in [-0.1, -0.05) is 18.6 Å². The van der Waals surface area contributed by atoms with Gasteiger partial charge in [0.05, 0.1) is 11.2 Å². The van der Waals surface area contributed by atoms with Crippen LogP contribution in [0.4, 0.5) is 0 Å². The number of hydrogen-bond donors (Lipinski definition) is 1. The Balaban J connectivity index is 1.61. The molecule has 1 aromatic carbocycles. The maximum absolute atomic E-state index is 9.59. The lowest BCUT2D eigenvalue weighted by atomic mass is 9.95. The van der Waals surface area contributed by atoms with Crippen molar-refractivity contribution >= 4 is 11.3 Å². The van der Waals surface area contributed by atoms with Gasteiger partial charge < -0.3 is 5.11 Å². The Kier molecular flexibility index (Phi) is 5.11. The van der Waals surface area contributed by atoms with Crippen LogP contribution in [-0.4, -0.2) is 27.6 Å². The number of aromatic nitrogens is 1. The average Bonchev–Trinajstić information content (AvgIpc) is 2.92. The number of aryl methyl sites for hydroxylation is 2. The molecule has 0 radical (unpaired) electrons. The first-order valence-corrected chi connectivity index (χ1v) is 9.01. The van der Waals surface area contributed by atoms with Crippen LogP contribution in [0.5, 0.6) is 5.75 Å². The fourth-order valence-electron chi connectivity index (χ4n) is 3.30. The molecule has 118 valence electrons. The topological polar surface area (TPSA) is 36.4 Å². The summed E-state index contributed by atoms with van der Waals surface area (Å²) >= 11 is 1.78. The largest absolute Gasteiger partial charge is 0.508 e. The molecule has 0 amide bonds. The molecule has 1 saturated heterocycles. The minimum absolute atomic E-state index is 0.373. The van der Waals surface area contributed by atoms with Crippen LogP contribution in [-0.2, 0) is 13.0 Å². The number of aromatic hydroxyl groups is 1. The van der Waals surface area contributed by atoms with Crippen LogP contribution in [0.2, 0.25) is 0 Å². The van der Waals surface area contributed by atoms with Crippen LogP contribution in [0.25, 0.3) is 0 Å². The zero-order valence-corrected chi connectivity index (χ0v) is 14.0. The van der Waals surface area contributed by atoms with Gasteiger partial charge in [-0.2, -0.15) is 0 Å². The number of rotatable bonds is 5. The monoisotopic (exact) mass is 316 g/mol. The van der Waals surface area contributed by atoms with E-state index in [1.54, 1.807) is 17.4 Å². The van der Waals surface area contributed by atoms with Gasteiger partial charge in [0.1, 0.15) is 5.75 Å². The Bertz CT molecular complexity index is 611. The van der Waals surface area contributed by atoms with Crippen molar-refractivity contribution in [1.29, 1.82) is 0 Å². The third-order valence-corrected chi connectivity index (χ3v) is 5.54. The first-order valence-electron chi connectivity index (χ1n) is 8.13. The Hall–Kier alpha value is -1.39. The highest BCUT2D eigenvalue weighted by Gasteiger charge is 2.23. The molecule has 1 aliphatic rings. The van der Waals surface area contributed by atoms with E-state index in [9.17, 15) is 5.11 Å². The maximum Gasteiger partial charge on any atom is 0.115 e. The highest BCUT2D eigenvalue weighted by molar-refractivity contribution is 7.09. The normalized spacial score (nSPS) is 19.4. The first kappa shape index (κ1) is 15.5. The molecule has 22 heavy (non-hydrogen) atoms. The van der Waals surface area contributed by atoms with E-state index in [4.69, 9.17) is 0 Å². The van der Waals surface area contributed by atoms with Gasteiger partial charge in [0.25, 0.3) is 0 Å². The molecule has 1 unspecified atom stereocenters. The van der Waals surface area contributed by atoms with Gasteiger partial charge in [0, 0.05) is 17.5 Å². The van der Waals surface area contributed by atoms with Crippen molar-refractivity contribution in [2.24, 2.45) is 0 Å². The summed E-state index contributed by atoms with van der Waals surface area (Å²) in [5, 5.41) is 9.59. The minimum atomic E-state index is 0.373. The molecule has 0 spiro atoms. The van der Waals surface area contributed by atoms with E-state index in [2.05, 4.69) is 22.9 Å². The number of likely N-dealkylation sites (tertiary alicyclic amines) is 1.